The van der Waals surface area contributed by atoms with Crippen molar-refractivity contribution in [2.45, 2.75) is 13.5 Å². The lowest BCUT2D eigenvalue weighted by molar-refractivity contribution is 0.124. The van der Waals surface area contributed by atoms with Gasteiger partial charge in [-0.25, -0.2) is 9.67 Å². The highest BCUT2D eigenvalue weighted by Crippen LogP contribution is 2.20. The minimum Gasteiger partial charge on any atom is -0.387 e. The molecule has 3 aromatic heterocycles. The third-order valence-electron chi connectivity index (χ3n) is 4.63. The summed E-state index contributed by atoms with van der Waals surface area (Å²) >= 11 is 0. The average molecular weight is 383 g/mol. The van der Waals surface area contributed by atoms with E-state index in [4.69, 9.17) is 4.84 Å². The van der Waals surface area contributed by atoms with Crippen molar-refractivity contribution in [2.24, 2.45) is 5.16 Å². The number of oxime groups is 1. The molecule has 0 aliphatic carbocycles. The van der Waals surface area contributed by atoms with E-state index in [0.717, 1.165) is 28.0 Å². The Labute approximate surface area is 166 Å². The van der Waals surface area contributed by atoms with Crippen LogP contribution >= 0.6 is 0 Å². The minimum atomic E-state index is 0.186. The standard InChI is InChI=1S/C21H17N7O/c1-15(16-8-4-2-5-9-16)26-29-13-19-24-25-21-18-12-23-28(17-10-6-3-7-11-17)20(18)22-14-27(19)21/h2-12,14H,13H2,1H3/b26-15-. The second-order valence-corrected chi connectivity index (χ2v) is 6.50. The Morgan fingerprint density at radius 3 is 2.52 bits per heavy atom. The largest absolute Gasteiger partial charge is 0.387 e. The van der Waals surface area contributed by atoms with Crippen LogP contribution in [0.25, 0.3) is 22.4 Å². The predicted molar refractivity (Wildman–Crippen MR) is 109 cm³/mol. The van der Waals surface area contributed by atoms with Crippen LogP contribution in [0, 0.1) is 0 Å². The van der Waals surface area contributed by atoms with Crippen LogP contribution in [0.5, 0.6) is 0 Å². The zero-order valence-corrected chi connectivity index (χ0v) is 15.7. The molecule has 0 amide bonds. The Kier molecular flexibility index (Phi) is 4.21. The van der Waals surface area contributed by atoms with Crippen LogP contribution in [0.1, 0.15) is 18.3 Å². The fourth-order valence-corrected chi connectivity index (χ4v) is 3.14. The highest BCUT2D eigenvalue weighted by Gasteiger charge is 2.14. The first kappa shape index (κ1) is 17.1. The summed E-state index contributed by atoms with van der Waals surface area (Å²) in [6.07, 6.45) is 3.44. The minimum absolute atomic E-state index is 0.186. The number of rotatable bonds is 5. The van der Waals surface area contributed by atoms with Gasteiger partial charge in [0.1, 0.15) is 6.33 Å². The maximum absolute atomic E-state index is 5.50. The second-order valence-electron chi connectivity index (χ2n) is 6.50. The lowest BCUT2D eigenvalue weighted by Gasteiger charge is -2.03. The first-order valence-corrected chi connectivity index (χ1v) is 9.15. The summed E-state index contributed by atoms with van der Waals surface area (Å²) in [5, 5.41) is 18.0. The van der Waals surface area contributed by atoms with Crippen LogP contribution in [-0.4, -0.2) is 35.1 Å². The smallest absolute Gasteiger partial charge is 0.179 e. The van der Waals surface area contributed by atoms with Crippen molar-refractivity contribution in [3.63, 3.8) is 0 Å². The summed E-state index contributed by atoms with van der Waals surface area (Å²) in [6, 6.07) is 19.7. The first-order chi connectivity index (χ1) is 14.3. The molecule has 5 rings (SSSR count). The molecule has 0 saturated carbocycles. The summed E-state index contributed by atoms with van der Waals surface area (Å²) in [5.74, 6) is 0.617. The van der Waals surface area contributed by atoms with Gasteiger partial charge in [0, 0.05) is 0 Å². The van der Waals surface area contributed by atoms with Crippen molar-refractivity contribution >= 4 is 22.4 Å². The molecule has 0 spiro atoms. The van der Waals surface area contributed by atoms with Crippen molar-refractivity contribution in [1.29, 1.82) is 0 Å². The highest BCUT2D eigenvalue weighted by atomic mass is 16.6. The molecule has 8 nitrogen and oxygen atoms in total. The Balaban J connectivity index is 1.43. The predicted octanol–water partition coefficient (Wildman–Crippen LogP) is 3.40. The number of hydrogen-bond acceptors (Lipinski definition) is 6. The van der Waals surface area contributed by atoms with Gasteiger partial charge >= 0.3 is 0 Å². The average Bonchev–Trinajstić information content (AvgIpc) is 3.39. The van der Waals surface area contributed by atoms with E-state index >= 15 is 0 Å². The van der Waals surface area contributed by atoms with E-state index in [2.05, 4.69) is 25.4 Å². The molecular formula is C21H17N7O. The molecule has 5 aromatic rings. The maximum atomic E-state index is 5.50. The fourth-order valence-electron chi connectivity index (χ4n) is 3.14. The molecule has 0 aliphatic heterocycles. The summed E-state index contributed by atoms with van der Waals surface area (Å²) in [7, 11) is 0. The highest BCUT2D eigenvalue weighted by molar-refractivity contribution is 5.98. The van der Waals surface area contributed by atoms with Gasteiger partial charge in [0.05, 0.1) is 23.0 Å². The van der Waals surface area contributed by atoms with Gasteiger partial charge < -0.3 is 4.84 Å². The van der Waals surface area contributed by atoms with Gasteiger partial charge in [0.2, 0.25) is 0 Å². The number of fused-ring (bicyclic) bond motifs is 3. The molecule has 0 aliphatic rings. The molecule has 0 fully saturated rings. The van der Waals surface area contributed by atoms with Crippen molar-refractivity contribution in [3.8, 4) is 5.69 Å². The van der Waals surface area contributed by atoms with Crippen molar-refractivity contribution < 1.29 is 4.84 Å². The summed E-state index contributed by atoms with van der Waals surface area (Å²) < 4.78 is 3.58. The van der Waals surface area contributed by atoms with Gasteiger partial charge in [0.15, 0.2) is 23.7 Å². The van der Waals surface area contributed by atoms with Crippen LogP contribution in [-0.2, 0) is 11.4 Å². The SMILES string of the molecule is C/C(=N/OCc1nnc2c3cnn(-c4ccccc4)c3ncn12)c1ccccc1. The number of para-hydroxylation sites is 1. The summed E-state index contributed by atoms with van der Waals surface area (Å²) in [5.41, 5.74) is 4.15. The van der Waals surface area contributed by atoms with Crippen LogP contribution in [0.2, 0.25) is 0 Å². The van der Waals surface area contributed by atoms with Gasteiger partial charge in [-0.2, -0.15) is 5.10 Å². The third kappa shape index (κ3) is 3.10. The first-order valence-electron chi connectivity index (χ1n) is 9.15. The molecule has 29 heavy (non-hydrogen) atoms. The zero-order valence-electron chi connectivity index (χ0n) is 15.7. The zero-order chi connectivity index (χ0) is 19.6. The molecule has 0 bridgehead atoms. The Morgan fingerprint density at radius 1 is 0.966 bits per heavy atom. The van der Waals surface area contributed by atoms with Crippen LogP contribution in [0.15, 0.2) is 78.3 Å². The van der Waals surface area contributed by atoms with Crippen LogP contribution < -0.4 is 0 Å². The molecule has 2 aromatic carbocycles. The van der Waals surface area contributed by atoms with Crippen LogP contribution in [0.4, 0.5) is 0 Å². The molecule has 142 valence electrons. The molecule has 0 N–H and O–H groups in total. The normalized spacial score (nSPS) is 12.0. The molecule has 0 atom stereocenters. The van der Waals surface area contributed by atoms with Crippen LogP contribution in [0.3, 0.4) is 0 Å². The molecular weight excluding hydrogens is 366 g/mol. The van der Waals surface area contributed by atoms with Crippen molar-refractivity contribution in [2.75, 3.05) is 0 Å². The van der Waals surface area contributed by atoms with E-state index in [1.807, 2.05) is 67.6 Å². The van der Waals surface area contributed by atoms with Gasteiger partial charge in [0.25, 0.3) is 0 Å². The van der Waals surface area contributed by atoms with Crippen molar-refractivity contribution in [3.05, 3.63) is 84.6 Å². The monoisotopic (exact) mass is 383 g/mol. The van der Waals surface area contributed by atoms with E-state index in [-0.39, 0.29) is 6.61 Å². The lowest BCUT2D eigenvalue weighted by Crippen LogP contribution is -2.01. The van der Waals surface area contributed by atoms with E-state index in [1.165, 1.54) is 0 Å². The quantitative estimate of drug-likeness (QED) is 0.343. The fraction of sp³-hybridized carbons (Fsp3) is 0.0952. The maximum Gasteiger partial charge on any atom is 0.179 e. The van der Waals surface area contributed by atoms with Gasteiger partial charge in [-0.1, -0.05) is 53.7 Å². The number of benzene rings is 2. The van der Waals surface area contributed by atoms with Crippen molar-refractivity contribution in [1.82, 2.24) is 29.4 Å². The molecule has 3 heterocycles. The second kappa shape index (κ2) is 7.16. The molecule has 0 radical (unpaired) electrons. The number of hydrogen-bond donors (Lipinski definition) is 0. The van der Waals surface area contributed by atoms with Gasteiger partial charge in [-0.15, -0.1) is 10.2 Å². The topological polar surface area (TPSA) is 82.5 Å². The number of nitrogens with zero attached hydrogens (tertiary/aromatic N) is 7. The molecule has 8 heteroatoms. The molecule has 0 saturated heterocycles. The van der Waals surface area contributed by atoms with Gasteiger partial charge in [-0.05, 0) is 24.6 Å². The van der Waals surface area contributed by atoms with Gasteiger partial charge in [-0.3, -0.25) is 4.40 Å². The summed E-state index contributed by atoms with van der Waals surface area (Å²) in [6.45, 7) is 2.09. The van der Waals surface area contributed by atoms with E-state index in [0.29, 0.717) is 11.5 Å². The lowest BCUT2D eigenvalue weighted by atomic mass is 10.1. The molecule has 0 unspecified atom stereocenters. The Hall–Kier alpha value is -4.07. The Morgan fingerprint density at radius 2 is 1.72 bits per heavy atom. The third-order valence-corrected chi connectivity index (χ3v) is 4.63. The van der Waals surface area contributed by atoms with E-state index < -0.39 is 0 Å². The number of aromatic nitrogens is 6. The Bertz CT molecular complexity index is 1310. The van der Waals surface area contributed by atoms with E-state index in [9.17, 15) is 0 Å². The summed E-state index contributed by atoms with van der Waals surface area (Å²) in [4.78, 5) is 10.1. The van der Waals surface area contributed by atoms with E-state index in [1.54, 1.807) is 21.6 Å².